The number of allylic oxidation sites excluding steroid dienone is 1. The Bertz CT molecular complexity index is 1090. The van der Waals surface area contributed by atoms with E-state index in [1.54, 1.807) is 18.9 Å². The van der Waals surface area contributed by atoms with Crippen LogP contribution in [0.3, 0.4) is 0 Å². The molecule has 2 aliphatic heterocycles. The number of amidine groups is 1. The van der Waals surface area contributed by atoms with Crippen molar-refractivity contribution in [2.45, 2.75) is 6.92 Å². The summed E-state index contributed by atoms with van der Waals surface area (Å²) in [5.41, 5.74) is 2.36. The average Bonchev–Trinajstić information content (AvgIpc) is 3.14. The maximum Gasteiger partial charge on any atom is 0.337 e. The fourth-order valence-corrected chi connectivity index (χ4v) is 4.59. The highest BCUT2D eigenvalue weighted by Crippen LogP contribution is 2.45. The summed E-state index contributed by atoms with van der Waals surface area (Å²) in [5, 5.41) is 3.15. The molecule has 0 radical (unpaired) electrons. The van der Waals surface area contributed by atoms with Crippen LogP contribution in [0.5, 0.6) is 5.75 Å². The lowest BCUT2D eigenvalue weighted by molar-refractivity contribution is -0.139. The van der Waals surface area contributed by atoms with Crippen molar-refractivity contribution in [3.63, 3.8) is 0 Å². The molecule has 0 N–H and O–H groups in total. The number of likely N-dealkylation sites (N-methyl/N-ethyl adjacent to an activating group) is 1. The minimum Gasteiger partial charge on any atom is -0.496 e. The molecule has 6 nitrogen and oxygen atoms in total. The number of carbonyl (C=O) groups excluding carboxylic acids is 1. The van der Waals surface area contributed by atoms with E-state index < -0.39 is 0 Å². The summed E-state index contributed by atoms with van der Waals surface area (Å²) in [7, 11) is 5.59. The van der Waals surface area contributed by atoms with Gasteiger partial charge in [-0.05, 0) is 49.6 Å². The van der Waals surface area contributed by atoms with E-state index in [0.717, 1.165) is 32.2 Å². The van der Waals surface area contributed by atoms with Crippen molar-refractivity contribution in [2.75, 3.05) is 40.9 Å². The van der Waals surface area contributed by atoms with Crippen LogP contribution in [0.2, 0.25) is 0 Å². The molecule has 0 spiro atoms. The molecule has 0 aromatic heterocycles. The molecule has 2 aliphatic rings. The standard InChI is InChI=1S/C23H25N3O3S/c1-15-18(22(27)29-12-11-25(2)3)13-26-14-20(30-23(26)24-15)21-17-8-6-5-7-16(17)9-10-19(21)28-4/h5-10,14H,11-13H2,1-4H3. The maximum atomic E-state index is 12.6. The van der Waals surface area contributed by atoms with Gasteiger partial charge < -0.3 is 19.3 Å². The second kappa shape index (κ2) is 8.53. The molecule has 0 saturated carbocycles. The van der Waals surface area contributed by atoms with Gasteiger partial charge in [-0.3, -0.25) is 0 Å². The van der Waals surface area contributed by atoms with Gasteiger partial charge in [-0.2, -0.15) is 0 Å². The molecule has 0 saturated heterocycles. The Kier molecular flexibility index (Phi) is 5.83. The molecule has 2 aromatic carbocycles. The summed E-state index contributed by atoms with van der Waals surface area (Å²) in [6.45, 7) is 3.37. The minimum atomic E-state index is -0.299. The van der Waals surface area contributed by atoms with Gasteiger partial charge in [0.15, 0.2) is 5.17 Å². The van der Waals surface area contributed by atoms with E-state index >= 15 is 0 Å². The van der Waals surface area contributed by atoms with Crippen LogP contribution < -0.4 is 4.74 Å². The molecule has 30 heavy (non-hydrogen) atoms. The molecule has 0 aliphatic carbocycles. The van der Waals surface area contributed by atoms with Crippen molar-refractivity contribution in [3.05, 3.63) is 59.4 Å². The molecular formula is C23H25N3O3S. The summed E-state index contributed by atoms with van der Waals surface area (Å²) in [6, 6.07) is 12.3. The maximum absolute atomic E-state index is 12.6. The molecule has 0 unspecified atom stereocenters. The second-order valence-electron chi connectivity index (χ2n) is 7.48. The topological polar surface area (TPSA) is 54.4 Å². The number of nitrogens with zero attached hydrogens (tertiary/aromatic N) is 3. The Labute approximate surface area is 180 Å². The van der Waals surface area contributed by atoms with Gasteiger partial charge in [0.05, 0.1) is 24.9 Å². The number of hydrogen-bond acceptors (Lipinski definition) is 7. The normalized spacial score (nSPS) is 16.0. The fraction of sp³-hybridized carbons (Fsp3) is 0.304. The largest absolute Gasteiger partial charge is 0.496 e. The third-order valence-electron chi connectivity index (χ3n) is 5.12. The van der Waals surface area contributed by atoms with Crippen LogP contribution in [0.4, 0.5) is 0 Å². The summed E-state index contributed by atoms with van der Waals surface area (Å²) >= 11 is 1.60. The lowest BCUT2D eigenvalue weighted by Gasteiger charge is -2.23. The third-order valence-corrected chi connectivity index (χ3v) is 6.16. The number of ether oxygens (including phenoxy) is 2. The monoisotopic (exact) mass is 423 g/mol. The molecule has 0 fully saturated rings. The first kappa shape index (κ1) is 20.5. The van der Waals surface area contributed by atoms with Crippen LogP contribution in [0.25, 0.3) is 15.7 Å². The summed E-state index contributed by atoms with van der Waals surface area (Å²) in [5.74, 6) is 0.521. The van der Waals surface area contributed by atoms with E-state index in [4.69, 9.17) is 9.47 Å². The highest BCUT2D eigenvalue weighted by molar-refractivity contribution is 8.22. The van der Waals surface area contributed by atoms with Gasteiger partial charge in [-0.1, -0.05) is 30.3 Å². The van der Waals surface area contributed by atoms with Crippen molar-refractivity contribution < 1.29 is 14.3 Å². The predicted octanol–water partition coefficient (Wildman–Crippen LogP) is 3.94. The van der Waals surface area contributed by atoms with Crippen LogP contribution >= 0.6 is 11.8 Å². The lowest BCUT2D eigenvalue weighted by Crippen LogP contribution is -2.31. The lowest BCUT2D eigenvalue weighted by atomic mass is 10.0. The SMILES string of the molecule is COc1ccc2ccccc2c1C1=CN2CC(C(=O)OCCN(C)C)=C(C)N=C2S1. The first-order chi connectivity index (χ1) is 14.5. The van der Waals surface area contributed by atoms with Crippen molar-refractivity contribution in [2.24, 2.45) is 4.99 Å². The highest BCUT2D eigenvalue weighted by atomic mass is 32.2. The Balaban J connectivity index is 1.61. The van der Waals surface area contributed by atoms with Gasteiger partial charge in [-0.25, -0.2) is 9.79 Å². The highest BCUT2D eigenvalue weighted by Gasteiger charge is 2.31. The number of fused-ring (bicyclic) bond motifs is 2. The van der Waals surface area contributed by atoms with Crippen molar-refractivity contribution in [1.82, 2.24) is 9.80 Å². The van der Waals surface area contributed by atoms with Crippen LogP contribution in [-0.2, 0) is 9.53 Å². The number of carbonyl (C=O) groups is 1. The molecule has 2 aromatic rings. The van der Waals surface area contributed by atoms with Crippen LogP contribution in [0, 0.1) is 0 Å². The summed E-state index contributed by atoms with van der Waals surface area (Å²) < 4.78 is 11.1. The zero-order valence-corrected chi connectivity index (χ0v) is 18.5. The molecule has 7 heteroatoms. The quantitative estimate of drug-likeness (QED) is 0.656. The van der Waals surface area contributed by atoms with Gasteiger partial charge in [0.1, 0.15) is 12.4 Å². The van der Waals surface area contributed by atoms with Gasteiger partial charge in [0, 0.05) is 23.2 Å². The summed E-state index contributed by atoms with van der Waals surface area (Å²) in [4.78, 5) is 22.3. The average molecular weight is 424 g/mol. The Morgan fingerprint density at radius 1 is 1.23 bits per heavy atom. The minimum absolute atomic E-state index is 0.299. The molecule has 2 heterocycles. The zero-order valence-electron chi connectivity index (χ0n) is 17.6. The van der Waals surface area contributed by atoms with Crippen molar-refractivity contribution >= 4 is 38.6 Å². The van der Waals surface area contributed by atoms with Gasteiger partial charge in [0.25, 0.3) is 0 Å². The Morgan fingerprint density at radius 3 is 2.80 bits per heavy atom. The van der Waals surface area contributed by atoms with E-state index in [9.17, 15) is 4.79 Å². The molecule has 0 amide bonds. The number of methoxy groups -OCH3 is 1. The van der Waals surface area contributed by atoms with Crippen LogP contribution in [-0.4, -0.2) is 61.8 Å². The number of hydrogen-bond donors (Lipinski definition) is 0. The Hall–Kier alpha value is -2.77. The third kappa shape index (κ3) is 3.95. The number of rotatable bonds is 6. The smallest absolute Gasteiger partial charge is 0.337 e. The number of thioether (sulfide) groups is 1. The summed E-state index contributed by atoms with van der Waals surface area (Å²) in [6.07, 6.45) is 2.05. The number of aliphatic imine (C=N–C) groups is 1. The predicted molar refractivity (Wildman–Crippen MR) is 122 cm³/mol. The molecule has 0 bridgehead atoms. The first-order valence-corrected chi connectivity index (χ1v) is 10.6. The fourth-order valence-electron chi connectivity index (χ4n) is 3.49. The molecule has 156 valence electrons. The number of benzene rings is 2. The Morgan fingerprint density at radius 2 is 2.03 bits per heavy atom. The van der Waals surface area contributed by atoms with Gasteiger partial charge in [0.2, 0.25) is 0 Å². The molecule has 4 rings (SSSR count). The van der Waals surface area contributed by atoms with Crippen molar-refractivity contribution in [1.29, 1.82) is 0 Å². The number of esters is 1. The van der Waals surface area contributed by atoms with E-state index in [2.05, 4.69) is 23.2 Å². The van der Waals surface area contributed by atoms with E-state index in [1.807, 2.05) is 55.2 Å². The van der Waals surface area contributed by atoms with E-state index in [-0.39, 0.29) is 5.97 Å². The van der Waals surface area contributed by atoms with Crippen LogP contribution in [0.15, 0.2) is 58.9 Å². The molecular weight excluding hydrogens is 398 g/mol. The first-order valence-electron chi connectivity index (χ1n) is 9.80. The van der Waals surface area contributed by atoms with E-state index in [1.165, 1.54) is 0 Å². The van der Waals surface area contributed by atoms with Crippen molar-refractivity contribution in [3.8, 4) is 5.75 Å². The van der Waals surface area contributed by atoms with Gasteiger partial charge in [-0.15, -0.1) is 0 Å². The zero-order chi connectivity index (χ0) is 21.3. The van der Waals surface area contributed by atoms with Crippen LogP contribution in [0.1, 0.15) is 12.5 Å². The molecule has 0 atom stereocenters. The second-order valence-corrected chi connectivity index (χ2v) is 8.49. The van der Waals surface area contributed by atoms with E-state index in [0.29, 0.717) is 31.0 Å². The van der Waals surface area contributed by atoms with Gasteiger partial charge >= 0.3 is 5.97 Å².